The quantitative estimate of drug-likeness (QED) is 0.670. The van der Waals surface area contributed by atoms with Gasteiger partial charge in [0.2, 0.25) is 11.9 Å². The van der Waals surface area contributed by atoms with Crippen LogP contribution in [0.15, 0.2) is 43.0 Å². The number of likely N-dealkylation sites (N-methyl/N-ethyl adjacent to an activating group) is 1. The van der Waals surface area contributed by atoms with Crippen molar-refractivity contribution >= 4 is 17.5 Å². The van der Waals surface area contributed by atoms with Crippen molar-refractivity contribution in [1.29, 1.82) is 0 Å². The lowest BCUT2D eigenvalue weighted by Gasteiger charge is -2.07. The molecular weight excluding hydrogens is 347 g/mol. The van der Waals surface area contributed by atoms with Crippen LogP contribution in [0.1, 0.15) is 19.4 Å². The van der Waals surface area contributed by atoms with E-state index >= 15 is 0 Å². The van der Waals surface area contributed by atoms with Gasteiger partial charge in [0.15, 0.2) is 0 Å². The van der Waals surface area contributed by atoms with Crippen molar-refractivity contribution in [3.05, 3.63) is 54.4 Å². The zero-order chi connectivity index (χ0) is 19.2. The molecule has 2 aromatic heterocycles. The fraction of sp³-hybridized carbons (Fsp3) is 0.263. The highest BCUT2D eigenvalue weighted by atomic mass is 19.1. The first-order valence-corrected chi connectivity index (χ1v) is 8.76. The van der Waals surface area contributed by atoms with Gasteiger partial charge in [-0.15, -0.1) is 0 Å². The molecule has 3 aromatic rings. The number of nitrogens with zero attached hydrogens (tertiary/aromatic N) is 4. The number of anilines is 2. The average molecular weight is 368 g/mol. The molecule has 27 heavy (non-hydrogen) atoms. The maximum atomic E-state index is 14.3. The van der Waals surface area contributed by atoms with Crippen molar-refractivity contribution < 1.29 is 9.18 Å². The molecule has 2 heterocycles. The topological polar surface area (TPSA) is 84.7 Å². The Labute approximate surface area is 156 Å². The lowest BCUT2D eigenvalue weighted by molar-refractivity contribution is -0.120. The Bertz CT molecular complexity index is 922. The van der Waals surface area contributed by atoms with Crippen LogP contribution in [0.5, 0.6) is 0 Å². The third kappa shape index (κ3) is 4.66. The maximum absolute atomic E-state index is 14.3. The molecule has 7 nitrogen and oxygen atoms in total. The third-order valence-electron chi connectivity index (χ3n) is 3.98. The monoisotopic (exact) mass is 368 g/mol. The number of halogens is 1. The van der Waals surface area contributed by atoms with Crippen LogP contribution in [0.3, 0.4) is 0 Å². The Morgan fingerprint density at radius 3 is 2.56 bits per heavy atom. The minimum atomic E-state index is -0.423. The Morgan fingerprint density at radius 1 is 1.15 bits per heavy atom. The van der Waals surface area contributed by atoms with E-state index in [2.05, 4.69) is 25.7 Å². The molecule has 0 aliphatic rings. The number of aryl methyl sites for hydroxylation is 1. The van der Waals surface area contributed by atoms with E-state index in [9.17, 15) is 9.18 Å². The summed E-state index contributed by atoms with van der Waals surface area (Å²) in [6.45, 7) is 5.13. The van der Waals surface area contributed by atoms with Gasteiger partial charge in [0.1, 0.15) is 5.82 Å². The summed E-state index contributed by atoms with van der Waals surface area (Å²) >= 11 is 0. The summed E-state index contributed by atoms with van der Waals surface area (Å²) in [4.78, 5) is 20.1. The van der Waals surface area contributed by atoms with E-state index in [-0.39, 0.29) is 12.3 Å². The molecule has 0 unspecified atom stereocenters. The fourth-order valence-electron chi connectivity index (χ4n) is 2.57. The maximum Gasteiger partial charge on any atom is 0.227 e. The van der Waals surface area contributed by atoms with E-state index in [0.717, 1.165) is 12.2 Å². The van der Waals surface area contributed by atoms with Crippen LogP contribution in [-0.4, -0.2) is 32.2 Å². The number of carbonyl (C=O) groups excluding carboxylic acids is 1. The van der Waals surface area contributed by atoms with Crippen molar-refractivity contribution in [2.75, 3.05) is 11.9 Å². The second kappa shape index (κ2) is 8.39. The minimum Gasteiger partial charge on any atom is -0.356 e. The number of amides is 1. The lowest BCUT2D eigenvalue weighted by atomic mass is 10.0. The molecule has 0 atom stereocenters. The van der Waals surface area contributed by atoms with Gasteiger partial charge in [-0.3, -0.25) is 9.48 Å². The van der Waals surface area contributed by atoms with Gasteiger partial charge >= 0.3 is 0 Å². The summed E-state index contributed by atoms with van der Waals surface area (Å²) < 4.78 is 16.1. The SMILES string of the molecule is CCNC(=O)Cc1ccc(-c2cnc(Nc3cnn(CC)c3)nc2)cc1F. The van der Waals surface area contributed by atoms with Crippen molar-refractivity contribution in [3.8, 4) is 11.1 Å². The first-order valence-electron chi connectivity index (χ1n) is 8.76. The van der Waals surface area contributed by atoms with Crippen LogP contribution >= 0.6 is 0 Å². The van der Waals surface area contributed by atoms with Crippen LogP contribution < -0.4 is 10.6 Å². The Morgan fingerprint density at radius 2 is 1.93 bits per heavy atom. The molecule has 140 valence electrons. The summed E-state index contributed by atoms with van der Waals surface area (Å²) in [6, 6.07) is 4.77. The van der Waals surface area contributed by atoms with Gasteiger partial charge in [-0.25, -0.2) is 14.4 Å². The molecule has 0 aliphatic heterocycles. The summed E-state index contributed by atoms with van der Waals surface area (Å²) in [6.07, 6.45) is 6.82. The van der Waals surface area contributed by atoms with E-state index in [1.54, 1.807) is 35.4 Å². The van der Waals surface area contributed by atoms with E-state index in [1.165, 1.54) is 6.07 Å². The molecule has 1 amide bonds. The second-order valence-corrected chi connectivity index (χ2v) is 5.94. The molecule has 2 N–H and O–H groups in total. The first kappa shape index (κ1) is 18.5. The molecule has 0 saturated heterocycles. The van der Waals surface area contributed by atoms with Gasteiger partial charge in [-0.2, -0.15) is 5.10 Å². The van der Waals surface area contributed by atoms with Crippen LogP contribution in [0.25, 0.3) is 11.1 Å². The molecular formula is C19H21FN6O. The number of rotatable bonds is 7. The Balaban J connectivity index is 1.71. The predicted molar refractivity (Wildman–Crippen MR) is 101 cm³/mol. The summed E-state index contributed by atoms with van der Waals surface area (Å²) in [5, 5.41) is 9.90. The number of hydrogen-bond acceptors (Lipinski definition) is 5. The van der Waals surface area contributed by atoms with E-state index in [1.807, 2.05) is 20.0 Å². The number of benzene rings is 1. The number of nitrogens with one attached hydrogen (secondary N) is 2. The molecule has 0 radical (unpaired) electrons. The minimum absolute atomic E-state index is 0.0186. The molecule has 0 fully saturated rings. The normalized spacial score (nSPS) is 10.6. The lowest BCUT2D eigenvalue weighted by Crippen LogP contribution is -2.24. The molecule has 0 saturated carbocycles. The second-order valence-electron chi connectivity index (χ2n) is 5.94. The molecule has 1 aromatic carbocycles. The highest BCUT2D eigenvalue weighted by molar-refractivity contribution is 5.78. The van der Waals surface area contributed by atoms with Crippen molar-refractivity contribution in [3.63, 3.8) is 0 Å². The third-order valence-corrected chi connectivity index (χ3v) is 3.98. The Kier molecular flexibility index (Phi) is 5.75. The van der Waals surface area contributed by atoms with Crippen molar-refractivity contribution in [2.24, 2.45) is 0 Å². The van der Waals surface area contributed by atoms with E-state index in [4.69, 9.17) is 0 Å². The van der Waals surface area contributed by atoms with Gasteiger partial charge in [0.05, 0.1) is 18.3 Å². The van der Waals surface area contributed by atoms with Crippen LogP contribution in [0, 0.1) is 5.82 Å². The smallest absolute Gasteiger partial charge is 0.227 e. The van der Waals surface area contributed by atoms with E-state index in [0.29, 0.717) is 29.2 Å². The number of aromatic nitrogens is 4. The van der Waals surface area contributed by atoms with Crippen LogP contribution in [-0.2, 0) is 17.8 Å². The summed E-state index contributed by atoms with van der Waals surface area (Å²) in [5.41, 5.74) is 2.49. The van der Waals surface area contributed by atoms with Gasteiger partial charge in [0.25, 0.3) is 0 Å². The van der Waals surface area contributed by atoms with Gasteiger partial charge < -0.3 is 10.6 Å². The average Bonchev–Trinajstić information content (AvgIpc) is 3.12. The highest BCUT2D eigenvalue weighted by Gasteiger charge is 2.10. The van der Waals surface area contributed by atoms with Gasteiger partial charge in [-0.05, 0) is 31.0 Å². The zero-order valence-electron chi connectivity index (χ0n) is 15.2. The number of hydrogen-bond donors (Lipinski definition) is 2. The zero-order valence-corrected chi connectivity index (χ0v) is 15.2. The van der Waals surface area contributed by atoms with Gasteiger partial charge in [0, 0.05) is 37.2 Å². The summed E-state index contributed by atoms with van der Waals surface area (Å²) in [5.74, 6) is -0.190. The molecule has 8 heteroatoms. The van der Waals surface area contributed by atoms with Crippen molar-refractivity contribution in [1.82, 2.24) is 25.1 Å². The molecule has 0 spiro atoms. The molecule has 0 aliphatic carbocycles. The molecule has 3 rings (SSSR count). The van der Waals surface area contributed by atoms with Crippen molar-refractivity contribution in [2.45, 2.75) is 26.8 Å². The van der Waals surface area contributed by atoms with Crippen LogP contribution in [0.2, 0.25) is 0 Å². The fourth-order valence-corrected chi connectivity index (χ4v) is 2.57. The Hall–Kier alpha value is -3.29. The van der Waals surface area contributed by atoms with E-state index < -0.39 is 5.82 Å². The summed E-state index contributed by atoms with van der Waals surface area (Å²) in [7, 11) is 0. The largest absolute Gasteiger partial charge is 0.356 e. The predicted octanol–water partition coefficient (Wildman–Crippen LogP) is 2.92. The van der Waals surface area contributed by atoms with Crippen LogP contribution in [0.4, 0.5) is 16.0 Å². The highest BCUT2D eigenvalue weighted by Crippen LogP contribution is 2.22. The van der Waals surface area contributed by atoms with Gasteiger partial charge in [-0.1, -0.05) is 12.1 Å². The first-order chi connectivity index (χ1) is 13.1. The molecule has 0 bridgehead atoms. The number of carbonyl (C=O) groups is 1. The standard InChI is InChI=1S/C19H21FN6O/c1-3-21-18(27)8-14-6-5-13(7-17(14)20)15-9-22-19(23-10-15)25-16-11-24-26(4-2)12-16/h5-7,9-12H,3-4,8H2,1-2H3,(H,21,27)(H,22,23,25).